The molecule has 0 spiro atoms. The van der Waals surface area contributed by atoms with Crippen LogP contribution in [0.4, 0.5) is 4.39 Å². The predicted octanol–water partition coefficient (Wildman–Crippen LogP) is 4.77. The molecule has 0 saturated heterocycles. The maximum absolute atomic E-state index is 13.1. The highest BCUT2D eigenvalue weighted by atomic mass is 19.1. The number of H-pyrrole nitrogens is 1. The number of hydrogen-bond acceptors (Lipinski definition) is 2. The molecule has 0 amide bonds. The normalized spacial score (nSPS) is 15.1. The average Bonchev–Trinajstić information content (AvgIpc) is 3.12. The van der Waals surface area contributed by atoms with Gasteiger partial charge in [-0.05, 0) is 62.7 Å². The Morgan fingerprint density at radius 3 is 2.68 bits per heavy atom. The summed E-state index contributed by atoms with van der Waals surface area (Å²) in [6, 6.07) is 11.1. The molecule has 0 unspecified atom stereocenters. The van der Waals surface area contributed by atoms with E-state index in [2.05, 4.69) is 4.98 Å². The Balaban J connectivity index is 2.00. The minimum absolute atomic E-state index is 0.181. The van der Waals surface area contributed by atoms with Crippen LogP contribution in [-0.2, 0) is 13.0 Å². The zero-order chi connectivity index (χ0) is 21.4. The average molecular weight is 344 g/mol. The van der Waals surface area contributed by atoms with Gasteiger partial charge in [-0.1, -0.05) is 18.2 Å². The van der Waals surface area contributed by atoms with E-state index in [1.165, 1.54) is 23.2 Å². The summed E-state index contributed by atoms with van der Waals surface area (Å²) in [6.07, 6.45) is -0.805. The highest BCUT2D eigenvalue weighted by Crippen LogP contribution is 2.30. The summed E-state index contributed by atoms with van der Waals surface area (Å²) < 4.78 is 53.2. The standard InChI is InChI=1S/C21H25FN2O/c1-15(2)24(3)12-11-17-13-23-19-5-4-6-20(21(17)19)25-14-16-7-9-18(22)10-8-16/h4-10,13,15,23H,11-12,14H2,1-3H3/i11D2,12D2. The third-order valence-corrected chi connectivity index (χ3v) is 4.12. The van der Waals surface area contributed by atoms with Gasteiger partial charge in [-0.2, -0.15) is 0 Å². The molecule has 0 fully saturated rings. The Morgan fingerprint density at radius 2 is 1.96 bits per heavy atom. The SMILES string of the molecule is [2H]C([2H])(c1c[nH]c2cccc(OCc3ccc(F)cc3)c12)C([2H])([2H])N(C)C(C)C. The van der Waals surface area contributed by atoms with Crippen LogP contribution >= 0.6 is 0 Å². The molecule has 1 aromatic heterocycles. The van der Waals surface area contributed by atoms with E-state index in [-0.39, 0.29) is 24.0 Å². The summed E-state index contributed by atoms with van der Waals surface area (Å²) in [4.78, 5) is 4.41. The van der Waals surface area contributed by atoms with Gasteiger partial charge in [0.1, 0.15) is 18.2 Å². The van der Waals surface area contributed by atoms with Gasteiger partial charge in [-0.25, -0.2) is 4.39 Å². The van der Waals surface area contributed by atoms with Crippen LogP contribution in [0.5, 0.6) is 5.75 Å². The van der Waals surface area contributed by atoms with E-state index in [4.69, 9.17) is 10.2 Å². The van der Waals surface area contributed by atoms with Crippen LogP contribution in [0.2, 0.25) is 0 Å². The number of ether oxygens (including phenoxy) is 1. The number of fused-ring (bicyclic) bond motifs is 1. The molecule has 0 saturated carbocycles. The lowest BCUT2D eigenvalue weighted by Crippen LogP contribution is -2.28. The molecule has 0 aliphatic carbocycles. The lowest BCUT2D eigenvalue weighted by molar-refractivity contribution is 0.277. The number of rotatable bonds is 7. The van der Waals surface area contributed by atoms with Gasteiger partial charge in [0.05, 0.1) is 0 Å². The lowest BCUT2D eigenvalue weighted by Gasteiger charge is -2.20. The van der Waals surface area contributed by atoms with E-state index in [9.17, 15) is 4.39 Å². The third kappa shape index (κ3) is 4.20. The van der Waals surface area contributed by atoms with E-state index >= 15 is 0 Å². The molecule has 2 aromatic carbocycles. The molecule has 4 heteroatoms. The third-order valence-electron chi connectivity index (χ3n) is 4.12. The first-order valence-corrected chi connectivity index (χ1v) is 8.26. The van der Waals surface area contributed by atoms with Gasteiger partial charge in [0.2, 0.25) is 0 Å². The van der Waals surface area contributed by atoms with E-state index in [0.717, 1.165) is 5.56 Å². The number of likely N-dealkylation sites (N-methyl/N-ethyl adjacent to an activating group) is 1. The number of nitrogens with zero attached hydrogens (tertiary/aromatic N) is 1. The van der Waals surface area contributed by atoms with Crippen LogP contribution in [0, 0.1) is 5.82 Å². The molecule has 132 valence electrons. The fraction of sp³-hybridized carbons (Fsp3) is 0.333. The second-order valence-corrected chi connectivity index (χ2v) is 6.24. The van der Waals surface area contributed by atoms with Crippen LogP contribution in [0.1, 0.15) is 30.5 Å². The van der Waals surface area contributed by atoms with E-state index in [1.54, 1.807) is 37.4 Å². The highest BCUT2D eigenvalue weighted by Gasteiger charge is 2.11. The van der Waals surface area contributed by atoms with Crippen molar-refractivity contribution in [1.29, 1.82) is 0 Å². The molecular formula is C21H25FN2O. The quantitative estimate of drug-likeness (QED) is 0.669. The maximum Gasteiger partial charge on any atom is 0.129 e. The predicted molar refractivity (Wildman–Crippen MR) is 101 cm³/mol. The number of aromatic nitrogens is 1. The number of aryl methyl sites for hydroxylation is 1. The smallest absolute Gasteiger partial charge is 0.129 e. The Hall–Kier alpha value is -2.33. The van der Waals surface area contributed by atoms with E-state index in [0.29, 0.717) is 16.7 Å². The fourth-order valence-corrected chi connectivity index (χ4v) is 2.39. The van der Waals surface area contributed by atoms with Crippen molar-refractivity contribution in [2.75, 3.05) is 13.5 Å². The number of aromatic amines is 1. The van der Waals surface area contributed by atoms with E-state index in [1.807, 2.05) is 13.8 Å². The molecule has 0 bridgehead atoms. The highest BCUT2D eigenvalue weighted by molar-refractivity contribution is 5.89. The molecule has 0 aliphatic rings. The van der Waals surface area contributed by atoms with Gasteiger partial charge >= 0.3 is 0 Å². The minimum atomic E-state index is -2.31. The Kier molecular flexibility index (Phi) is 3.99. The van der Waals surface area contributed by atoms with Crippen molar-refractivity contribution in [3.05, 3.63) is 65.6 Å². The minimum Gasteiger partial charge on any atom is -0.488 e. The van der Waals surface area contributed by atoms with Crippen molar-refractivity contribution in [3.8, 4) is 5.75 Å². The zero-order valence-electron chi connectivity index (χ0n) is 18.6. The first kappa shape index (κ1) is 13.0. The van der Waals surface area contributed by atoms with Crippen molar-refractivity contribution in [2.45, 2.75) is 32.9 Å². The molecule has 3 rings (SSSR count). The molecular weight excluding hydrogens is 315 g/mol. The molecule has 0 aliphatic heterocycles. The fourth-order valence-electron chi connectivity index (χ4n) is 2.39. The van der Waals surface area contributed by atoms with Crippen molar-refractivity contribution >= 4 is 10.9 Å². The summed E-state index contributed by atoms with van der Waals surface area (Å²) in [7, 11) is 1.57. The van der Waals surface area contributed by atoms with Crippen LogP contribution in [0.3, 0.4) is 0 Å². The van der Waals surface area contributed by atoms with Crippen LogP contribution in [-0.4, -0.2) is 29.5 Å². The van der Waals surface area contributed by atoms with Crippen LogP contribution in [0.25, 0.3) is 10.9 Å². The second-order valence-electron chi connectivity index (χ2n) is 6.24. The lowest BCUT2D eigenvalue weighted by atomic mass is 10.1. The van der Waals surface area contributed by atoms with Gasteiger partial charge in [0.25, 0.3) is 0 Å². The van der Waals surface area contributed by atoms with Gasteiger partial charge < -0.3 is 14.6 Å². The van der Waals surface area contributed by atoms with E-state index < -0.39 is 12.9 Å². The summed E-state index contributed by atoms with van der Waals surface area (Å²) in [5.41, 5.74) is 1.63. The first-order chi connectivity index (χ1) is 13.6. The number of nitrogens with one attached hydrogen (secondary N) is 1. The molecule has 0 atom stereocenters. The van der Waals surface area contributed by atoms with Gasteiger partial charge in [-0.3, -0.25) is 0 Å². The monoisotopic (exact) mass is 344 g/mol. The molecule has 0 radical (unpaired) electrons. The molecule has 3 aromatic rings. The molecule has 25 heavy (non-hydrogen) atoms. The molecule has 3 nitrogen and oxygen atoms in total. The second kappa shape index (κ2) is 7.70. The number of halogens is 1. The Labute approximate surface area is 154 Å². The van der Waals surface area contributed by atoms with Crippen molar-refractivity contribution in [1.82, 2.24) is 9.88 Å². The summed E-state index contributed by atoms with van der Waals surface area (Å²) in [6.45, 7) is 1.58. The van der Waals surface area contributed by atoms with Crippen molar-refractivity contribution in [2.24, 2.45) is 0 Å². The largest absolute Gasteiger partial charge is 0.488 e. The first-order valence-electron chi connectivity index (χ1n) is 10.3. The zero-order valence-corrected chi connectivity index (χ0v) is 14.6. The summed E-state index contributed by atoms with van der Waals surface area (Å²) >= 11 is 0. The Morgan fingerprint density at radius 1 is 1.20 bits per heavy atom. The van der Waals surface area contributed by atoms with Gasteiger partial charge in [-0.15, -0.1) is 0 Å². The molecule has 1 N–H and O–H groups in total. The van der Waals surface area contributed by atoms with Crippen molar-refractivity contribution in [3.63, 3.8) is 0 Å². The van der Waals surface area contributed by atoms with Crippen molar-refractivity contribution < 1.29 is 14.6 Å². The maximum atomic E-state index is 13.1. The number of hydrogen-bond donors (Lipinski definition) is 1. The topological polar surface area (TPSA) is 28.3 Å². The Bertz CT molecular complexity index is 986. The van der Waals surface area contributed by atoms with Gasteiger partial charge in [0.15, 0.2) is 0 Å². The van der Waals surface area contributed by atoms with Crippen LogP contribution < -0.4 is 4.74 Å². The van der Waals surface area contributed by atoms with Crippen LogP contribution in [0.15, 0.2) is 48.7 Å². The summed E-state index contributed by atoms with van der Waals surface area (Å²) in [5, 5.41) is 0.501. The molecule has 1 heterocycles. The van der Waals surface area contributed by atoms with Gasteiger partial charge in [0, 0.05) is 35.1 Å². The summed E-state index contributed by atoms with van der Waals surface area (Å²) in [5.74, 6) is 0.114. The number of benzene rings is 2.